The van der Waals surface area contributed by atoms with Crippen molar-refractivity contribution in [2.75, 3.05) is 0 Å². The fourth-order valence-electron chi connectivity index (χ4n) is 2.45. The van der Waals surface area contributed by atoms with E-state index < -0.39 is 18.4 Å². The number of carbonyl (C=O) groups excluding carboxylic acids is 1. The highest BCUT2D eigenvalue weighted by Crippen LogP contribution is 2.30. The van der Waals surface area contributed by atoms with Crippen LogP contribution in [0.15, 0.2) is 16.7 Å². The van der Waals surface area contributed by atoms with Gasteiger partial charge in [0, 0.05) is 17.6 Å². The molecule has 0 saturated heterocycles. The number of carbonyl (C=O) groups is 1. The molecule has 0 aromatic carbocycles. The summed E-state index contributed by atoms with van der Waals surface area (Å²) in [6, 6.07) is 1.14. The van der Waals surface area contributed by atoms with Crippen LogP contribution in [-0.2, 0) is 10.1 Å². The monoisotopic (exact) mass is 470 g/mol. The number of alkyl halides is 4. The summed E-state index contributed by atoms with van der Waals surface area (Å²) in [5.74, 6) is -0.422. The lowest BCUT2D eigenvalue weighted by atomic mass is 9.89. The van der Waals surface area contributed by atoms with Gasteiger partial charge in [0.1, 0.15) is 5.69 Å². The predicted octanol–water partition coefficient (Wildman–Crippen LogP) is 3.18. The smallest absolute Gasteiger partial charge is 0.348 e. The molecule has 0 atom stereocenters. The lowest BCUT2D eigenvalue weighted by Crippen LogP contribution is -2.49. The summed E-state index contributed by atoms with van der Waals surface area (Å²) in [4.78, 5) is 16.5. The van der Waals surface area contributed by atoms with Gasteiger partial charge in [-0.25, -0.2) is 9.50 Å². The Morgan fingerprint density at radius 2 is 2.17 bits per heavy atom. The Balaban J connectivity index is 1.70. The molecule has 24 heavy (non-hydrogen) atoms. The van der Waals surface area contributed by atoms with Crippen molar-refractivity contribution >= 4 is 43.4 Å². The van der Waals surface area contributed by atoms with Gasteiger partial charge in [-0.05, 0) is 34.8 Å². The highest BCUT2D eigenvalue weighted by Gasteiger charge is 2.40. The van der Waals surface area contributed by atoms with Crippen molar-refractivity contribution in [2.45, 2.75) is 36.7 Å². The van der Waals surface area contributed by atoms with Crippen molar-refractivity contribution in [3.05, 3.63) is 28.1 Å². The number of rotatable bonds is 4. The van der Waals surface area contributed by atoms with Crippen LogP contribution in [0, 0.1) is 0 Å². The maximum Gasteiger partial charge on any atom is 0.522 e. The molecule has 130 valence electrons. The Labute approximate surface area is 151 Å². The third-order valence-corrected chi connectivity index (χ3v) is 4.96. The van der Waals surface area contributed by atoms with Crippen LogP contribution in [0.4, 0.5) is 13.2 Å². The fourth-order valence-corrected chi connectivity index (χ4v) is 3.71. The zero-order valence-electron chi connectivity index (χ0n) is 12.0. The number of nitrogens with one attached hydrogen (secondary N) is 1. The first-order chi connectivity index (χ1) is 11.3. The minimum absolute atomic E-state index is 0.120. The first-order valence-electron chi connectivity index (χ1n) is 6.92. The Morgan fingerprint density at radius 1 is 1.46 bits per heavy atom. The van der Waals surface area contributed by atoms with Crippen LogP contribution in [-0.4, -0.2) is 39.0 Å². The molecule has 0 bridgehead atoms. The number of aromatic nitrogens is 3. The SMILES string of the molecule is O=C(N[C@H]1C[C@@H](OC(F)(F)F)C1)c1ccnc2c(Br)c(CBr)nn12. The third-order valence-electron chi connectivity index (χ3n) is 3.62. The number of nitrogens with zero attached hydrogens (tertiary/aromatic N) is 3. The summed E-state index contributed by atoms with van der Waals surface area (Å²) in [6.45, 7) is 0. The first-order valence-corrected chi connectivity index (χ1v) is 8.83. The highest BCUT2D eigenvalue weighted by atomic mass is 79.9. The molecule has 1 amide bonds. The molecule has 2 aromatic rings. The molecule has 2 aromatic heterocycles. The topological polar surface area (TPSA) is 68.5 Å². The first kappa shape index (κ1) is 17.6. The van der Waals surface area contributed by atoms with Crippen LogP contribution < -0.4 is 5.32 Å². The van der Waals surface area contributed by atoms with E-state index >= 15 is 0 Å². The lowest BCUT2D eigenvalue weighted by molar-refractivity contribution is -0.351. The molecule has 0 aliphatic heterocycles. The Hall–Kier alpha value is -1.20. The number of hydrogen-bond donors (Lipinski definition) is 1. The van der Waals surface area contributed by atoms with Crippen molar-refractivity contribution in [3.63, 3.8) is 0 Å². The van der Waals surface area contributed by atoms with E-state index in [-0.39, 0.29) is 24.6 Å². The van der Waals surface area contributed by atoms with Gasteiger partial charge in [-0.3, -0.25) is 9.53 Å². The molecule has 1 saturated carbocycles. The molecule has 0 spiro atoms. The molecule has 1 aliphatic carbocycles. The summed E-state index contributed by atoms with van der Waals surface area (Å²) in [5, 5.41) is 7.46. The van der Waals surface area contributed by atoms with Crippen molar-refractivity contribution in [3.8, 4) is 0 Å². The Kier molecular flexibility index (Phi) is 4.85. The van der Waals surface area contributed by atoms with Crippen molar-refractivity contribution in [2.24, 2.45) is 0 Å². The number of hydrogen-bond acceptors (Lipinski definition) is 4. The van der Waals surface area contributed by atoms with E-state index in [1.54, 1.807) is 0 Å². The summed E-state index contributed by atoms with van der Waals surface area (Å²) in [6.07, 6.45) is -3.84. The minimum Gasteiger partial charge on any atom is -0.348 e. The van der Waals surface area contributed by atoms with Crippen LogP contribution in [0.3, 0.4) is 0 Å². The Morgan fingerprint density at radius 3 is 2.79 bits per heavy atom. The largest absolute Gasteiger partial charge is 0.522 e. The quantitative estimate of drug-likeness (QED) is 0.695. The minimum atomic E-state index is -4.65. The van der Waals surface area contributed by atoms with Crippen molar-refractivity contribution < 1.29 is 22.7 Å². The van der Waals surface area contributed by atoms with Crippen molar-refractivity contribution in [1.82, 2.24) is 19.9 Å². The second kappa shape index (κ2) is 6.60. The second-order valence-electron chi connectivity index (χ2n) is 5.29. The van der Waals surface area contributed by atoms with E-state index in [9.17, 15) is 18.0 Å². The molecular weight excluding hydrogens is 461 g/mol. The average Bonchev–Trinajstić information content (AvgIpc) is 2.80. The van der Waals surface area contributed by atoms with Crippen molar-refractivity contribution in [1.29, 1.82) is 0 Å². The van der Waals surface area contributed by atoms with Gasteiger partial charge < -0.3 is 5.32 Å². The van der Waals surface area contributed by atoms with Gasteiger partial charge in [-0.15, -0.1) is 13.2 Å². The van der Waals surface area contributed by atoms with Gasteiger partial charge in [0.15, 0.2) is 5.65 Å². The highest BCUT2D eigenvalue weighted by molar-refractivity contribution is 9.11. The number of ether oxygens (including phenoxy) is 1. The van der Waals surface area contributed by atoms with Gasteiger partial charge in [-0.2, -0.15) is 5.10 Å². The zero-order chi connectivity index (χ0) is 17.5. The summed E-state index contributed by atoms with van der Waals surface area (Å²) < 4.78 is 42.3. The van der Waals surface area contributed by atoms with Crippen LogP contribution in [0.5, 0.6) is 0 Å². The molecule has 3 rings (SSSR count). The van der Waals surface area contributed by atoms with Crippen LogP contribution in [0.1, 0.15) is 29.0 Å². The average molecular weight is 472 g/mol. The molecule has 1 aliphatic rings. The van der Waals surface area contributed by atoms with E-state index in [4.69, 9.17) is 0 Å². The molecule has 6 nitrogen and oxygen atoms in total. The van der Waals surface area contributed by atoms with Gasteiger partial charge in [0.2, 0.25) is 0 Å². The normalized spacial score (nSPS) is 20.9. The lowest BCUT2D eigenvalue weighted by Gasteiger charge is -2.35. The maximum atomic E-state index is 12.4. The van der Waals surface area contributed by atoms with E-state index in [1.165, 1.54) is 16.8 Å². The molecule has 0 unspecified atom stereocenters. The molecule has 0 radical (unpaired) electrons. The number of halogens is 5. The van der Waals surface area contributed by atoms with E-state index in [1.807, 2.05) is 0 Å². The summed E-state index contributed by atoms with van der Waals surface area (Å²) in [5.41, 5.74) is 1.43. The van der Waals surface area contributed by atoms with Crippen LogP contribution in [0.2, 0.25) is 0 Å². The molecule has 1 fully saturated rings. The molecule has 2 heterocycles. The third kappa shape index (κ3) is 3.57. The van der Waals surface area contributed by atoms with Gasteiger partial charge in [0.25, 0.3) is 5.91 Å². The zero-order valence-corrected chi connectivity index (χ0v) is 15.2. The summed E-state index contributed by atoms with van der Waals surface area (Å²) >= 11 is 6.68. The maximum absolute atomic E-state index is 12.4. The van der Waals surface area contributed by atoms with Gasteiger partial charge in [-0.1, -0.05) is 15.9 Å². The van der Waals surface area contributed by atoms with Crippen LogP contribution >= 0.6 is 31.9 Å². The number of fused-ring (bicyclic) bond motifs is 1. The van der Waals surface area contributed by atoms with Gasteiger partial charge in [0.05, 0.1) is 16.3 Å². The predicted molar refractivity (Wildman–Crippen MR) is 84.7 cm³/mol. The Bertz CT molecular complexity index is 774. The second-order valence-corrected chi connectivity index (χ2v) is 6.64. The van der Waals surface area contributed by atoms with E-state index in [0.717, 1.165) is 0 Å². The molecule has 1 N–H and O–H groups in total. The molecule has 11 heteroatoms. The number of amides is 1. The van der Waals surface area contributed by atoms with E-state index in [2.05, 4.69) is 52.0 Å². The van der Waals surface area contributed by atoms with Crippen LogP contribution in [0.25, 0.3) is 5.65 Å². The molecular formula is C13H11Br2F3N4O2. The van der Waals surface area contributed by atoms with Gasteiger partial charge >= 0.3 is 6.36 Å². The van der Waals surface area contributed by atoms with E-state index in [0.29, 0.717) is 21.1 Å². The standard InChI is InChI=1S/C13H11Br2F3N4O2/c14-5-8-10(15)11-19-2-1-9(22(11)21-8)12(23)20-6-3-7(4-6)24-13(16,17)18/h1-2,6-7H,3-5H2,(H,20,23)/t6-,7+. The fraction of sp³-hybridized carbons (Fsp3) is 0.462. The summed E-state index contributed by atoms with van der Waals surface area (Å²) in [7, 11) is 0.